The zero-order chi connectivity index (χ0) is 13.7. The Kier molecular flexibility index (Phi) is 5.00. The number of benzene rings is 1. The minimum absolute atomic E-state index is 0.312. The van der Waals surface area contributed by atoms with Crippen molar-refractivity contribution in [2.75, 3.05) is 20.3 Å². The van der Waals surface area contributed by atoms with Crippen LogP contribution in [0.15, 0.2) is 28.9 Å². The molecule has 0 aliphatic rings. The summed E-state index contributed by atoms with van der Waals surface area (Å²) in [6, 6.07) is 4.43. The third-order valence-corrected chi connectivity index (χ3v) is 3.16. The molecule has 2 aromatic rings. The van der Waals surface area contributed by atoms with E-state index in [1.54, 1.807) is 24.1 Å². The highest BCUT2D eigenvalue weighted by molar-refractivity contribution is 9.10. The largest absolute Gasteiger partial charge is 0.383 e. The third-order valence-electron chi connectivity index (χ3n) is 2.48. The van der Waals surface area contributed by atoms with Crippen LogP contribution in [-0.2, 0) is 11.3 Å². The fraction of sp³-hybridized carbons (Fsp3) is 0.333. The van der Waals surface area contributed by atoms with Crippen molar-refractivity contribution in [3.8, 4) is 5.69 Å². The zero-order valence-corrected chi connectivity index (χ0v) is 12.0. The van der Waals surface area contributed by atoms with E-state index in [0.29, 0.717) is 18.8 Å². The summed E-state index contributed by atoms with van der Waals surface area (Å²) in [5, 5.41) is 11.2. The van der Waals surface area contributed by atoms with Crippen LogP contribution in [-0.4, -0.2) is 35.3 Å². The van der Waals surface area contributed by atoms with Gasteiger partial charge < -0.3 is 10.1 Å². The van der Waals surface area contributed by atoms with Gasteiger partial charge >= 0.3 is 0 Å². The van der Waals surface area contributed by atoms with Gasteiger partial charge in [0.05, 0.1) is 24.2 Å². The molecule has 1 aromatic heterocycles. The quantitative estimate of drug-likeness (QED) is 0.823. The number of hydrogen-bond donors (Lipinski definition) is 1. The van der Waals surface area contributed by atoms with Gasteiger partial charge in [-0.05, 0) is 28.1 Å². The zero-order valence-electron chi connectivity index (χ0n) is 10.4. The predicted octanol–water partition coefficient (Wildman–Crippen LogP) is 1.90. The molecule has 0 aliphatic heterocycles. The van der Waals surface area contributed by atoms with Gasteiger partial charge in [-0.3, -0.25) is 0 Å². The molecule has 0 spiro atoms. The molecule has 2 rings (SSSR count). The summed E-state index contributed by atoms with van der Waals surface area (Å²) in [4.78, 5) is 0. The number of nitrogens with zero attached hydrogens (tertiary/aromatic N) is 3. The van der Waals surface area contributed by atoms with Crippen LogP contribution in [0.4, 0.5) is 4.39 Å². The Morgan fingerprint density at radius 1 is 1.47 bits per heavy atom. The highest BCUT2D eigenvalue weighted by atomic mass is 79.9. The lowest BCUT2D eigenvalue weighted by Crippen LogP contribution is -2.18. The Hall–Kier alpha value is -1.31. The lowest BCUT2D eigenvalue weighted by Gasteiger charge is -2.03. The van der Waals surface area contributed by atoms with Crippen molar-refractivity contribution in [3.63, 3.8) is 0 Å². The Morgan fingerprint density at radius 3 is 3.11 bits per heavy atom. The Morgan fingerprint density at radius 2 is 2.32 bits per heavy atom. The van der Waals surface area contributed by atoms with Crippen LogP contribution in [0.1, 0.15) is 5.69 Å². The van der Waals surface area contributed by atoms with Crippen LogP contribution < -0.4 is 5.32 Å². The van der Waals surface area contributed by atoms with Gasteiger partial charge in [0.25, 0.3) is 0 Å². The Bertz CT molecular complexity index is 546. The van der Waals surface area contributed by atoms with E-state index in [-0.39, 0.29) is 5.82 Å². The van der Waals surface area contributed by atoms with E-state index >= 15 is 0 Å². The monoisotopic (exact) mass is 328 g/mol. The maximum absolute atomic E-state index is 13.2. The summed E-state index contributed by atoms with van der Waals surface area (Å²) in [5.41, 5.74) is 1.41. The number of rotatable bonds is 6. The maximum atomic E-state index is 13.2. The molecule has 0 fully saturated rings. The van der Waals surface area contributed by atoms with E-state index in [4.69, 9.17) is 4.74 Å². The molecule has 102 valence electrons. The van der Waals surface area contributed by atoms with E-state index in [0.717, 1.165) is 16.7 Å². The average molecular weight is 329 g/mol. The van der Waals surface area contributed by atoms with Crippen molar-refractivity contribution < 1.29 is 9.13 Å². The normalized spacial score (nSPS) is 10.9. The summed E-state index contributed by atoms with van der Waals surface area (Å²) in [6.45, 7) is 1.98. The maximum Gasteiger partial charge on any atom is 0.125 e. The number of aromatic nitrogens is 3. The fourth-order valence-electron chi connectivity index (χ4n) is 1.55. The smallest absolute Gasteiger partial charge is 0.125 e. The van der Waals surface area contributed by atoms with Crippen molar-refractivity contribution in [2.24, 2.45) is 0 Å². The summed E-state index contributed by atoms with van der Waals surface area (Å²) in [7, 11) is 1.65. The molecular weight excluding hydrogens is 315 g/mol. The molecule has 0 saturated carbocycles. The molecule has 0 unspecified atom stereocenters. The second kappa shape index (κ2) is 6.74. The van der Waals surface area contributed by atoms with Crippen LogP contribution in [0.2, 0.25) is 0 Å². The molecule has 0 bridgehead atoms. The first-order chi connectivity index (χ1) is 9.20. The van der Waals surface area contributed by atoms with Gasteiger partial charge in [0.2, 0.25) is 0 Å². The number of halogens is 2. The molecule has 0 aliphatic carbocycles. The summed E-state index contributed by atoms with van der Waals surface area (Å²) in [5.74, 6) is -0.312. The van der Waals surface area contributed by atoms with Gasteiger partial charge in [-0.1, -0.05) is 5.21 Å². The number of ether oxygens (including phenoxy) is 1. The molecule has 5 nitrogen and oxygen atoms in total. The molecule has 0 amide bonds. The molecule has 0 radical (unpaired) electrons. The number of nitrogens with one attached hydrogen (secondary N) is 1. The van der Waals surface area contributed by atoms with Crippen molar-refractivity contribution in [3.05, 3.63) is 40.4 Å². The molecule has 1 aromatic carbocycles. The fourth-order valence-corrected chi connectivity index (χ4v) is 1.98. The van der Waals surface area contributed by atoms with Crippen molar-refractivity contribution >= 4 is 15.9 Å². The second-order valence-electron chi connectivity index (χ2n) is 3.92. The molecule has 19 heavy (non-hydrogen) atoms. The molecule has 1 heterocycles. The van der Waals surface area contributed by atoms with E-state index in [1.165, 1.54) is 12.1 Å². The first-order valence-electron chi connectivity index (χ1n) is 5.77. The van der Waals surface area contributed by atoms with Gasteiger partial charge in [0.1, 0.15) is 5.82 Å². The minimum atomic E-state index is -0.312. The first-order valence-corrected chi connectivity index (χ1v) is 6.56. The van der Waals surface area contributed by atoms with Crippen molar-refractivity contribution in [1.29, 1.82) is 0 Å². The highest BCUT2D eigenvalue weighted by Crippen LogP contribution is 2.21. The number of methoxy groups -OCH3 is 1. The van der Waals surface area contributed by atoms with E-state index in [1.807, 2.05) is 0 Å². The van der Waals surface area contributed by atoms with Gasteiger partial charge in [0.15, 0.2) is 0 Å². The van der Waals surface area contributed by atoms with Crippen molar-refractivity contribution in [1.82, 2.24) is 20.3 Å². The SMILES string of the molecule is COCCNCc1cn(-c2cc(F)ccc2Br)nn1. The minimum Gasteiger partial charge on any atom is -0.383 e. The Labute approximate surface area is 118 Å². The summed E-state index contributed by atoms with van der Waals surface area (Å²) < 4.78 is 20.5. The summed E-state index contributed by atoms with van der Waals surface area (Å²) >= 11 is 3.36. The van der Waals surface area contributed by atoms with E-state index in [9.17, 15) is 4.39 Å². The standard InChI is InChI=1S/C12H14BrFN4O/c1-19-5-4-15-7-10-8-18(17-16-10)12-6-9(14)2-3-11(12)13/h2-3,6,8,15H,4-5,7H2,1H3. The van der Waals surface area contributed by atoms with Crippen molar-refractivity contribution in [2.45, 2.75) is 6.54 Å². The van der Waals surface area contributed by atoms with E-state index < -0.39 is 0 Å². The summed E-state index contributed by atoms with van der Waals surface area (Å²) in [6.07, 6.45) is 1.76. The highest BCUT2D eigenvalue weighted by Gasteiger charge is 2.07. The van der Waals surface area contributed by atoms with Crippen LogP contribution in [0, 0.1) is 5.82 Å². The topological polar surface area (TPSA) is 52.0 Å². The van der Waals surface area contributed by atoms with Gasteiger partial charge in [-0.25, -0.2) is 9.07 Å². The lowest BCUT2D eigenvalue weighted by molar-refractivity contribution is 0.199. The van der Waals surface area contributed by atoms with Crippen LogP contribution in [0.25, 0.3) is 5.69 Å². The van der Waals surface area contributed by atoms with Gasteiger partial charge in [-0.15, -0.1) is 5.10 Å². The molecule has 0 atom stereocenters. The van der Waals surface area contributed by atoms with Gasteiger partial charge in [-0.2, -0.15) is 0 Å². The number of hydrogen-bond acceptors (Lipinski definition) is 4. The molecule has 7 heteroatoms. The van der Waals surface area contributed by atoms with Gasteiger partial charge in [0, 0.05) is 30.7 Å². The molecule has 0 saturated heterocycles. The second-order valence-corrected chi connectivity index (χ2v) is 4.77. The average Bonchev–Trinajstić information content (AvgIpc) is 2.86. The van der Waals surface area contributed by atoms with Crippen LogP contribution >= 0.6 is 15.9 Å². The van der Waals surface area contributed by atoms with Crippen LogP contribution in [0.3, 0.4) is 0 Å². The first kappa shape index (κ1) is 14.1. The Balaban J connectivity index is 2.06. The predicted molar refractivity (Wildman–Crippen MR) is 72.6 cm³/mol. The lowest BCUT2D eigenvalue weighted by atomic mass is 10.3. The van der Waals surface area contributed by atoms with E-state index in [2.05, 4.69) is 31.6 Å². The third kappa shape index (κ3) is 3.82. The molecular formula is C12H14BrFN4O. The molecule has 1 N–H and O–H groups in total. The van der Waals surface area contributed by atoms with Crippen LogP contribution in [0.5, 0.6) is 0 Å².